The van der Waals surface area contributed by atoms with Crippen molar-refractivity contribution in [2.24, 2.45) is 23.7 Å². The van der Waals surface area contributed by atoms with Crippen LogP contribution in [-0.2, 0) is 14.3 Å². The van der Waals surface area contributed by atoms with Crippen molar-refractivity contribution in [3.63, 3.8) is 0 Å². The first-order chi connectivity index (χ1) is 17.0. The number of imide groups is 1. The molecule has 2 heterocycles. The second kappa shape index (κ2) is 8.57. The zero-order valence-electron chi connectivity index (χ0n) is 18.8. The Bertz CT molecular complexity index is 1300. The highest BCUT2D eigenvalue weighted by Crippen LogP contribution is 2.61. The highest BCUT2D eigenvalue weighted by atomic mass is 32.1. The highest BCUT2D eigenvalue weighted by Gasteiger charge is 2.64. The third kappa shape index (κ3) is 3.62. The van der Waals surface area contributed by atoms with E-state index in [-0.39, 0.29) is 53.4 Å². The van der Waals surface area contributed by atoms with Gasteiger partial charge in [-0.2, -0.15) is 0 Å². The van der Waals surface area contributed by atoms with Gasteiger partial charge in [-0.05, 0) is 71.9 Å². The van der Waals surface area contributed by atoms with Crippen molar-refractivity contribution in [2.75, 3.05) is 11.5 Å². The number of amides is 2. The van der Waals surface area contributed by atoms with E-state index in [0.717, 1.165) is 12.8 Å². The van der Waals surface area contributed by atoms with E-state index in [1.807, 2.05) is 18.2 Å². The first-order valence-electron chi connectivity index (χ1n) is 11.8. The second-order valence-electron chi connectivity index (χ2n) is 9.50. The number of esters is 1. The molecule has 2 aliphatic carbocycles. The van der Waals surface area contributed by atoms with Crippen molar-refractivity contribution in [3.8, 4) is 0 Å². The monoisotopic (exact) mass is 485 g/mol. The predicted molar refractivity (Wildman–Crippen MR) is 130 cm³/mol. The number of ether oxygens (including phenoxy) is 1. The van der Waals surface area contributed by atoms with Gasteiger partial charge < -0.3 is 4.74 Å². The summed E-state index contributed by atoms with van der Waals surface area (Å²) < 4.78 is 5.14. The molecule has 176 valence electrons. The summed E-state index contributed by atoms with van der Waals surface area (Å²) >= 11 is 1.30. The number of rotatable bonds is 6. The van der Waals surface area contributed by atoms with Crippen LogP contribution in [0.3, 0.4) is 0 Å². The van der Waals surface area contributed by atoms with Crippen LogP contribution in [0.2, 0.25) is 0 Å². The number of hydrogen-bond donors (Lipinski definition) is 0. The largest absolute Gasteiger partial charge is 0.454 e. The molecule has 7 heteroatoms. The van der Waals surface area contributed by atoms with Crippen molar-refractivity contribution >= 4 is 40.6 Å². The van der Waals surface area contributed by atoms with Crippen LogP contribution in [0.5, 0.6) is 0 Å². The fourth-order valence-electron chi connectivity index (χ4n) is 6.27. The number of carbonyl (C=O) groups excluding carboxylic acids is 4. The number of anilines is 1. The Morgan fingerprint density at radius 3 is 2.34 bits per heavy atom. The minimum Gasteiger partial charge on any atom is -0.454 e. The number of nitrogens with zero attached hydrogens (tertiary/aromatic N) is 1. The van der Waals surface area contributed by atoms with Gasteiger partial charge in [0.05, 0.1) is 28.0 Å². The Kier molecular flexibility index (Phi) is 5.37. The zero-order chi connectivity index (χ0) is 24.1. The normalized spacial score (nSPS) is 26.7. The van der Waals surface area contributed by atoms with Crippen LogP contribution in [0.15, 0.2) is 72.1 Å². The van der Waals surface area contributed by atoms with Crippen LogP contribution < -0.4 is 4.90 Å². The van der Waals surface area contributed by atoms with Crippen molar-refractivity contribution in [1.82, 2.24) is 0 Å². The van der Waals surface area contributed by atoms with E-state index in [0.29, 0.717) is 16.5 Å². The molecule has 2 amide bonds. The molecule has 0 radical (unpaired) electrons. The van der Waals surface area contributed by atoms with Gasteiger partial charge in [-0.25, -0.2) is 4.79 Å². The van der Waals surface area contributed by atoms with Gasteiger partial charge >= 0.3 is 5.97 Å². The number of carbonyl (C=O) groups is 4. The van der Waals surface area contributed by atoms with E-state index in [4.69, 9.17) is 4.74 Å². The summed E-state index contributed by atoms with van der Waals surface area (Å²) in [7, 11) is 0. The fourth-order valence-corrected chi connectivity index (χ4v) is 6.92. The Morgan fingerprint density at radius 1 is 0.886 bits per heavy atom. The van der Waals surface area contributed by atoms with Crippen molar-refractivity contribution in [2.45, 2.75) is 18.8 Å². The molecule has 1 saturated heterocycles. The number of ketones is 1. The summed E-state index contributed by atoms with van der Waals surface area (Å²) in [5.41, 5.74) is 1.98. The average molecular weight is 486 g/mol. The van der Waals surface area contributed by atoms with Gasteiger partial charge in [0.1, 0.15) is 0 Å². The van der Waals surface area contributed by atoms with E-state index in [1.54, 1.807) is 29.6 Å². The second-order valence-corrected chi connectivity index (χ2v) is 10.4. The van der Waals surface area contributed by atoms with Crippen molar-refractivity contribution < 1.29 is 23.9 Å². The Hall–Kier alpha value is -3.58. The van der Waals surface area contributed by atoms with Crippen LogP contribution in [0.4, 0.5) is 5.69 Å². The summed E-state index contributed by atoms with van der Waals surface area (Å²) in [5.74, 6) is -0.945. The van der Waals surface area contributed by atoms with E-state index in [1.165, 1.54) is 33.9 Å². The van der Waals surface area contributed by atoms with Gasteiger partial charge in [-0.3, -0.25) is 19.3 Å². The molecular weight excluding hydrogens is 462 g/mol. The number of hydrogen-bond acceptors (Lipinski definition) is 6. The van der Waals surface area contributed by atoms with Crippen LogP contribution in [0, 0.1) is 23.7 Å². The number of fused-ring (bicyclic) bond motifs is 5. The predicted octanol–water partition coefficient (Wildman–Crippen LogP) is 4.72. The molecule has 0 spiro atoms. The lowest BCUT2D eigenvalue weighted by Gasteiger charge is -2.28. The maximum atomic E-state index is 13.5. The molecule has 3 aliphatic rings. The number of benzene rings is 2. The lowest BCUT2D eigenvalue weighted by Crippen LogP contribution is -2.33. The SMILES string of the molecule is O=C(OCC(=O)c1cccs1)c1ccc(N2C(=O)[C@@H]3[C@H]4C[C@H]([C@H]3C2=O)[C@@H](c2ccccc2)C4)cc1. The van der Waals surface area contributed by atoms with Gasteiger partial charge in [-0.1, -0.05) is 36.4 Å². The van der Waals surface area contributed by atoms with Gasteiger partial charge in [0, 0.05) is 0 Å². The van der Waals surface area contributed by atoms with Gasteiger partial charge in [0.25, 0.3) is 0 Å². The average Bonchev–Trinajstić information content (AvgIpc) is 3.67. The topological polar surface area (TPSA) is 80.8 Å². The highest BCUT2D eigenvalue weighted by molar-refractivity contribution is 7.12. The lowest BCUT2D eigenvalue weighted by atomic mass is 9.73. The third-order valence-electron chi connectivity index (χ3n) is 7.73. The first-order valence-corrected chi connectivity index (χ1v) is 12.7. The molecule has 3 fully saturated rings. The summed E-state index contributed by atoms with van der Waals surface area (Å²) in [6.45, 7) is -0.334. The molecule has 6 rings (SSSR count). The molecule has 2 bridgehead atoms. The summed E-state index contributed by atoms with van der Waals surface area (Å²) in [6.07, 6.45) is 1.87. The minimum atomic E-state index is -0.624. The first kappa shape index (κ1) is 21.9. The molecule has 2 aromatic carbocycles. The quantitative estimate of drug-likeness (QED) is 0.287. The van der Waals surface area contributed by atoms with E-state index in [2.05, 4.69) is 12.1 Å². The Balaban J connectivity index is 1.16. The molecular formula is C28H23NO5S. The molecule has 1 aromatic heterocycles. The van der Waals surface area contributed by atoms with Gasteiger partial charge in [-0.15, -0.1) is 11.3 Å². The van der Waals surface area contributed by atoms with Gasteiger partial charge in [0.2, 0.25) is 17.6 Å². The van der Waals surface area contributed by atoms with E-state index < -0.39 is 5.97 Å². The van der Waals surface area contributed by atoms with Crippen LogP contribution in [0.25, 0.3) is 0 Å². The standard InChI is InChI=1S/C28H23NO5S/c30-22(23-7-4-12-35-23)15-34-28(33)17-8-10-19(11-9-17)29-26(31)24-18-13-20(16-5-2-1-3-6-16)21(14-18)25(24)27(29)32/h1-12,18,20-21,24-25H,13-15H2/t18-,20-,21+,24-,25-/m1/s1. The molecule has 0 N–H and O–H groups in total. The zero-order valence-corrected chi connectivity index (χ0v) is 19.6. The molecule has 3 aromatic rings. The van der Waals surface area contributed by atoms with Crippen LogP contribution >= 0.6 is 11.3 Å². The minimum absolute atomic E-state index is 0.129. The van der Waals surface area contributed by atoms with Crippen LogP contribution in [-0.4, -0.2) is 30.2 Å². The molecule has 5 atom stereocenters. The third-order valence-corrected chi connectivity index (χ3v) is 8.65. The molecule has 2 saturated carbocycles. The van der Waals surface area contributed by atoms with E-state index in [9.17, 15) is 19.2 Å². The lowest BCUT2D eigenvalue weighted by molar-refractivity contribution is -0.123. The Labute approximate surface area is 206 Å². The summed E-state index contributed by atoms with van der Waals surface area (Å²) in [5, 5.41) is 1.79. The van der Waals surface area contributed by atoms with Crippen molar-refractivity contribution in [3.05, 3.63) is 88.1 Å². The summed E-state index contributed by atoms with van der Waals surface area (Å²) in [6, 6.07) is 20.0. The van der Waals surface area contributed by atoms with E-state index >= 15 is 0 Å². The summed E-state index contributed by atoms with van der Waals surface area (Å²) in [4.78, 5) is 53.1. The Morgan fingerprint density at radius 2 is 1.63 bits per heavy atom. The van der Waals surface area contributed by atoms with Crippen LogP contribution in [0.1, 0.15) is 44.4 Å². The smallest absolute Gasteiger partial charge is 0.338 e. The van der Waals surface area contributed by atoms with Crippen molar-refractivity contribution in [1.29, 1.82) is 0 Å². The maximum absolute atomic E-state index is 13.5. The fraction of sp³-hybridized carbons (Fsp3) is 0.286. The molecule has 35 heavy (non-hydrogen) atoms. The number of thiophene rings is 1. The van der Waals surface area contributed by atoms with Gasteiger partial charge in [0.15, 0.2) is 6.61 Å². The molecule has 0 unspecified atom stereocenters. The maximum Gasteiger partial charge on any atom is 0.338 e. The molecule has 1 aliphatic heterocycles. The molecule has 6 nitrogen and oxygen atoms in total. The number of Topliss-reactive ketones (excluding diaryl/α,β-unsaturated/α-hetero) is 1.